The fraction of sp³-hybridized carbons (Fsp3) is 0.850. The molecule has 2 N–H and O–H groups in total. The Balaban J connectivity index is 0.00000841. The predicted molar refractivity (Wildman–Crippen MR) is 129 cm³/mol. The van der Waals surface area contributed by atoms with Crippen LogP contribution in [0.4, 0.5) is 4.79 Å². The van der Waals surface area contributed by atoms with E-state index in [9.17, 15) is 9.59 Å². The van der Waals surface area contributed by atoms with Gasteiger partial charge in [0.15, 0.2) is 5.96 Å². The first-order valence-electron chi connectivity index (χ1n) is 10.6. The summed E-state index contributed by atoms with van der Waals surface area (Å²) in [5, 5.41) is 6.63. The number of likely N-dealkylation sites (tertiary alicyclic amines) is 1. The zero-order valence-electron chi connectivity index (χ0n) is 19.1. The standard InChI is InChI=1S/C20H39N5O4.HI/c1-6-29-20(27)25-11-7-17(8-12-25)23-19(22-15-18(26)24(4)5)21-10-14-28-13-9-16(2)3;/h16-17H,6-15H2,1-5H3,(H2,21,22,23);1H. The molecular formula is C20H40IN5O4. The number of carbonyl (C=O) groups is 2. The highest BCUT2D eigenvalue weighted by molar-refractivity contribution is 14.0. The van der Waals surface area contributed by atoms with Gasteiger partial charge in [-0.25, -0.2) is 9.79 Å². The lowest BCUT2D eigenvalue weighted by atomic mass is 10.1. The summed E-state index contributed by atoms with van der Waals surface area (Å²) in [6.07, 6.45) is 2.38. The molecule has 10 heteroatoms. The zero-order chi connectivity index (χ0) is 21.6. The van der Waals surface area contributed by atoms with Crippen LogP contribution < -0.4 is 10.6 Å². The van der Waals surface area contributed by atoms with Crippen LogP contribution in [0.1, 0.15) is 40.0 Å². The maximum atomic E-state index is 11.9. The Morgan fingerprint density at radius 1 is 1.20 bits per heavy atom. The Morgan fingerprint density at radius 3 is 2.43 bits per heavy atom. The molecule has 1 saturated heterocycles. The first-order valence-corrected chi connectivity index (χ1v) is 10.6. The first-order chi connectivity index (χ1) is 13.8. The van der Waals surface area contributed by atoms with Crippen LogP contribution in [0.25, 0.3) is 0 Å². The average Bonchev–Trinajstić information content (AvgIpc) is 2.68. The summed E-state index contributed by atoms with van der Waals surface area (Å²) >= 11 is 0. The second-order valence-corrected chi connectivity index (χ2v) is 7.78. The van der Waals surface area contributed by atoms with Gasteiger partial charge in [0, 0.05) is 46.4 Å². The number of ether oxygens (including phenoxy) is 2. The Labute approximate surface area is 198 Å². The minimum atomic E-state index is -0.256. The van der Waals surface area contributed by atoms with Crippen LogP contribution in [0.3, 0.4) is 0 Å². The molecule has 0 atom stereocenters. The molecule has 0 saturated carbocycles. The molecule has 1 rings (SSSR count). The highest BCUT2D eigenvalue weighted by atomic mass is 127. The number of halogens is 1. The van der Waals surface area contributed by atoms with Gasteiger partial charge in [-0.2, -0.15) is 0 Å². The van der Waals surface area contributed by atoms with Crippen LogP contribution in [0.15, 0.2) is 4.99 Å². The number of hydrogen-bond donors (Lipinski definition) is 2. The number of carbonyl (C=O) groups excluding carboxylic acids is 2. The Morgan fingerprint density at radius 2 is 1.87 bits per heavy atom. The summed E-state index contributed by atoms with van der Waals surface area (Å²) in [6, 6.07) is 0.184. The lowest BCUT2D eigenvalue weighted by Gasteiger charge is -2.32. The summed E-state index contributed by atoms with van der Waals surface area (Å²) in [6.45, 7) is 9.83. The van der Waals surface area contributed by atoms with Crippen molar-refractivity contribution in [1.29, 1.82) is 0 Å². The second-order valence-electron chi connectivity index (χ2n) is 7.78. The van der Waals surface area contributed by atoms with E-state index in [2.05, 4.69) is 29.5 Å². The van der Waals surface area contributed by atoms with Crippen LogP contribution in [0.5, 0.6) is 0 Å². The monoisotopic (exact) mass is 541 g/mol. The van der Waals surface area contributed by atoms with Gasteiger partial charge >= 0.3 is 6.09 Å². The lowest BCUT2D eigenvalue weighted by Crippen LogP contribution is -2.50. The Kier molecular flexibility index (Phi) is 15.7. The van der Waals surface area contributed by atoms with Crippen LogP contribution in [0, 0.1) is 5.92 Å². The molecule has 9 nitrogen and oxygen atoms in total. The van der Waals surface area contributed by atoms with Crippen LogP contribution in [-0.4, -0.2) is 93.9 Å². The van der Waals surface area contributed by atoms with Gasteiger partial charge < -0.3 is 29.9 Å². The molecule has 0 unspecified atom stereocenters. The van der Waals surface area contributed by atoms with Crippen molar-refractivity contribution >= 4 is 41.9 Å². The average molecular weight is 541 g/mol. The third-order valence-electron chi connectivity index (χ3n) is 4.61. The van der Waals surface area contributed by atoms with Crippen LogP contribution >= 0.6 is 24.0 Å². The van der Waals surface area contributed by atoms with E-state index in [-0.39, 0.29) is 48.6 Å². The van der Waals surface area contributed by atoms with Crippen molar-refractivity contribution in [3.63, 3.8) is 0 Å². The first kappa shape index (κ1) is 28.7. The summed E-state index contributed by atoms with van der Waals surface area (Å²) < 4.78 is 10.7. The number of amides is 2. The highest BCUT2D eigenvalue weighted by Gasteiger charge is 2.24. The number of piperidine rings is 1. The van der Waals surface area contributed by atoms with E-state index in [1.165, 1.54) is 4.90 Å². The number of nitrogens with one attached hydrogen (secondary N) is 2. The van der Waals surface area contributed by atoms with Gasteiger partial charge in [0.05, 0.1) is 13.2 Å². The van der Waals surface area contributed by atoms with Crippen molar-refractivity contribution in [2.24, 2.45) is 10.9 Å². The van der Waals surface area contributed by atoms with Crippen LogP contribution in [0.2, 0.25) is 0 Å². The zero-order valence-corrected chi connectivity index (χ0v) is 21.4. The molecule has 1 fully saturated rings. The number of hydrogen-bond acceptors (Lipinski definition) is 5. The van der Waals surface area contributed by atoms with Crippen molar-refractivity contribution in [2.45, 2.75) is 46.1 Å². The van der Waals surface area contributed by atoms with E-state index in [4.69, 9.17) is 9.47 Å². The highest BCUT2D eigenvalue weighted by Crippen LogP contribution is 2.11. The van der Waals surface area contributed by atoms with E-state index < -0.39 is 0 Å². The summed E-state index contributed by atoms with van der Waals surface area (Å²) in [4.78, 5) is 31.4. The number of nitrogens with zero attached hydrogens (tertiary/aromatic N) is 3. The molecule has 2 amide bonds. The summed E-state index contributed by atoms with van der Waals surface area (Å²) in [7, 11) is 3.43. The molecule has 1 heterocycles. The molecule has 1 aliphatic heterocycles. The van der Waals surface area contributed by atoms with E-state index in [0.717, 1.165) is 25.9 Å². The van der Waals surface area contributed by atoms with Crippen molar-refractivity contribution in [1.82, 2.24) is 20.4 Å². The largest absolute Gasteiger partial charge is 0.450 e. The number of likely N-dealkylation sites (N-methyl/N-ethyl adjacent to an activating group) is 1. The van der Waals surface area contributed by atoms with E-state index in [1.54, 1.807) is 19.0 Å². The van der Waals surface area contributed by atoms with Crippen molar-refractivity contribution in [3.05, 3.63) is 0 Å². The van der Waals surface area contributed by atoms with Crippen molar-refractivity contribution in [3.8, 4) is 0 Å². The molecule has 176 valence electrons. The third-order valence-corrected chi connectivity index (χ3v) is 4.61. The Hall–Kier alpha value is -1.30. The van der Waals surface area contributed by atoms with Crippen molar-refractivity contribution < 1.29 is 19.1 Å². The summed E-state index contributed by atoms with van der Waals surface area (Å²) in [5.74, 6) is 1.16. The second kappa shape index (κ2) is 16.4. The van der Waals surface area contributed by atoms with E-state index in [1.807, 2.05) is 6.92 Å². The topological polar surface area (TPSA) is 95.5 Å². The molecule has 0 aromatic heterocycles. The molecule has 0 aromatic carbocycles. The normalized spacial score (nSPS) is 14.9. The van der Waals surface area contributed by atoms with E-state index >= 15 is 0 Å². The third kappa shape index (κ3) is 12.4. The Bertz CT molecular complexity index is 523. The fourth-order valence-corrected chi connectivity index (χ4v) is 2.72. The van der Waals surface area contributed by atoms with Gasteiger partial charge in [0.1, 0.15) is 6.54 Å². The van der Waals surface area contributed by atoms with Gasteiger partial charge in [0.2, 0.25) is 5.91 Å². The van der Waals surface area contributed by atoms with E-state index in [0.29, 0.717) is 44.7 Å². The lowest BCUT2D eigenvalue weighted by molar-refractivity contribution is -0.127. The molecule has 1 aliphatic rings. The molecule has 30 heavy (non-hydrogen) atoms. The summed E-state index contributed by atoms with van der Waals surface area (Å²) in [5.41, 5.74) is 0. The molecule has 0 aromatic rings. The van der Waals surface area contributed by atoms with Gasteiger partial charge in [-0.3, -0.25) is 4.79 Å². The number of guanidine groups is 1. The van der Waals surface area contributed by atoms with Gasteiger partial charge in [-0.05, 0) is 32.1 Å². The maximum Gasteiger partial charge on any atom is 0.409 e. The molecule has 0 spiro atoms. The number of aliphatic imine (C=N–C) groups is 1. The predicted octanol–water partition coefficient (Wildman–Crippen LogP) is 1.91. The molecular weight excluding hydrogens is 501 g/mol. The quantitative estimate of drug-likeness (QED) is 0.190. The fourth-order valence-electron chi connectivity index (χ4n) is 2.72. The smallest absolute Gasteiger partial charge is 0.409 e. The SMILES string of the molecule is CCOC(=O)N1CCC(NC(=NCC(=O)N(C)C)NCCOCCC(C)C)CC1.I. The van der Waals surface area contributed by atoms with Crippen molar-refractivity contribution in [2.75, 3.05) is 60.1 Å². The van der Waals surface area contributed by atoms with Crippen LogP contribution in [-0.2, 0) is 14.3 Å². The maximum absolute atomic E-state index is 11.9. The molecule has 0 radical (unpaired) electrons. The van der Waals surface area contributed by atoms with Gasteiger partial charge in [-0.1, -0.05) is 13.8 Å². The molecule has 0 aliphatic carbocycles. The molecule has 0 bridgehead atoms. The van der Waals surface area contributed by atoms with Gasteiger partial charge in [-0.15, -0.1) is 24.0 Å². The number of rotatable bonds is 10. The minimum absolute atomic E-state index is 0. The van der Waals surface area contributed by atoms with Gasteiger partial charge in [0.25, 0.3) is 0 Å². The minimum Gasteiger partial charge on any atom is -0.450 e.